The zero-order valence-electron chi connectivity index (χ0n) is 12.7. The van der Waals surface area contributed by atoms with Gasteiger partial charge in [0, 0.05) is 23.3 Å². The molecule has 2 heterocycles. The fraction of sp³-hybridized carbons (Fsp3) is 0.111. The molecule has 0 radical (unpaired) electrons. The molecular formula is C18H16N2O2S. The maximum absolute atomic E-state index is 11.3. The van der Waals surface area contributed by atoms with Crippen LogP contribution in [0.25, 0.3) is 16.2 Å². The molecule has 0 fully saturated rings. The Morgan fingerprint density at radius 3 is 2.87 bits per heavy atom. The van der Waals surface area contributed by atoms with Crippen LogP contribution in [0.15, 0.2) is 54.2 Å². The molecule has 116 valence electrons. The lowest BCUT2D eigenvalue weighted by atomic mass is 10.2. The van der Waals surface area contributed by atoms with Crippen molar-refractivity contribution in [2.45, 2.75) is 6.92 Å². The van der Waals surface area contributed by atoms with Crippen LogP contribution in [0.1, 0.15) is 12.5 Å². The van der Waals surface area contributed by atoms with Crippen molar-refractivity contribution < 1.29 is 9.53 Å². The van der Waals surface area contributed by atoms with E-state index < -0.39 is 0 Å². The van der Waals surface area contributed by atoms with E-state index in [1.807, 2.05) is 36.7 Å². The number of ether oxygens (including phenoxy) is 1. The fourth-order valence-electron chi connectivity index (χ4n) is 2.18. The molecule has 4 nitrogen and oxygen atoms in total. The van der Waals surface area contributed by atoms with E-state index in [2.05, 4.69) is 21.7 Å². The number of carbonyl (C=O) groups is 1. The van der Waals surface area contributed by atoms with E-state index in [1.165, 1.54) is 6.08 Å². The van der Waals surface area contributed by atoms with E-state index in [0.717, 1.165) is 27.0 Å². The van der Waals surface area contributed by atoms with Gasteiger partial charge in [0.15, 0.2) is 0 Å². The monoisotopic (exact) mass is 324 g/mol. The minimum Gasteiger partial charge on any atom is -0.463 e. The van der Waals surface area contributed by atoms with Gasteiger partial charge < -0.3 is 10.1 Å². The normalized spacial score (nSPS) is 11.0. The van der Waals surface area contributed by atoms with Gasteiger partial charge >= 0.3 is 5.97 Å². The van der Waals surface area contributed by atoms with Gasteiger partial charge in [0.05, 0.1) is 23.2 Å². The highest BCUT2D eigenvalue weighted by molar-refractivity contribution is 7.17. The molecule has 0 atom stereocenters. The number of nitrogens with zero attached hydrogens (tertiary/aromatic N) is 1. The Morgan fingerprint density at radius 2 is 2.09 bits per heavy atom. The van der Waals surface area contributed by atoms with Gasteiger partial charge in [0.1, 0.15) is 0 Å². The summed E-state index contributed by atoms with van der Waals surface area (Å²) >= 11 is 1.67. The zero-order valence-corrected chi connectivity index (χ0v) is 13.5. The third-order valence-corrected chi connectivity index (χ3v) is 4.12. The molecule has 0 aliphatic rings. The highest BCUT2D eigenvalue weighted by Crippen LogP contribution is 2.28. The molecular weight excluding hydrogens is 308 g/mol. The number of benzene rings is 1. The van der Waals surface area contributed by atoms with Crippen LogP contribution in [0.2, 0.25) is 0 Å². The number of carbonyl (C=O) groups excluding carboxylic acids is 1. The van der Waals surface area contributed by atoms with Crippen molar-refractivity contribution >= 4 is 44.8 Å². The van der Waals surface area contributed by atoms with Crippen LogP contribution in [-0.2, 0) is 9.53 Å². The van der Waals surface area contributed by atoms with Crippen molar-refractivity contribution in [3.63, 3.8) is 0 Å². The molecule has 0 spiro atoms. The summed E-state index contributed by atoms with van der Waals surface area (Å²) in [6.45, 7) is 2.17. The first kappa shape index (κ1) is 15.2. The van der Waals surface area contributed by atoms with Crippen molar-refractivity contribution in [3.05, 3.63) is 59.7 Å². The first-order valence-corrected chi connectivity index (χ1v) is 8.17. The van der Waals surface area contributed by atoms with Crippen molar-refractivity contribution in [1.82, 2.24) is 4.98 Å². The maximum Gasteiger partial charge on any atom is 0.330 e. The van der Waals surface area contributed by atoms with Gasteiger partial charge in [-0.2, -0.15) is 0 Å². The molecule has 3 rings (SSSR count). The van der Waals surface area contributed by atoms with E-state index >= 15 is 0 Å². The minimum absolute atomic E-state index is 0.329. The molecule has 3 aromatic rings. The average Bonchev–Trinajstić information content (AvgIpc) is 3.04. The lowest BCUT2D eigenvalue weighted by Crippen LogP contribution is -1.98. The van der Waals surface area contributed by atoms with Crippen molar-refractivity contribution in [2.24, 2.45) is 0 Å². The zero-order chi connectivity index (χ0) is 16.1. The van der Waals surface area contributed by atoms with Crippen LogP contribution in [0.3, 0.4) is 0 Å². The predicted molar refractivity (Wildman–Crippen MR) is 95.0 cm³/mol. The van der Waals surface area contributed by atoms with Gasteiger partial charge in [-0.15, -0.1) is 11.3 Å². The van der Waals surface area contributed by atoms with Gasteiger partial charge in [0.25, 0.3) is 0 Å². The second-order valence-corrected chi connectivity index (χ2v) is 5.80. The Balaban J connectivity index is 1.73. The molecule has 0 saturated carbocycles. The Hall–Kier alpha value is -2.66. The third-order valence-electron chi connectivity index (χ3n) is 3.27. The van der Waals surface area contributed by atoms with Crippen LogP contribution in [0.4, 0.5) is 11.4 Å². The number of nitrogens with one attached hydrogen (secondary N) is 1. The molecule has 0 amide bonds. The van der Waals surface area contributed by atoms with Gasteiger partial charge in [-0.05, 0) is 42.1 Å². The minimum atomic E-state index is -0.329. The molecule has 2 aromatic heterocycles. The van der Waals surface area contributed by atoms with Crippen LogP contribution >= 0.6 is 11.3 Å². The van der Waals surface area contributed by atoms with Gasteiger partial charge in [-0.25, -0.2) is 4.79 Å². The van der Waals surface area contributed by atoms with E-state index in [4.69, 9.17) is 4.74 Å². The van der Waals surface area contributed by atoms with Crippen LogP contribution in [0, 0.1) is 0 Å². The standard InChI is InChI=1S/C18H16N2O2S/c1-2-22-18(21)8-5-13-3-6-14(7-4-13)20-16-11-19-12-17-15(16)9-10-23-17/h3-12,20H,2H2,1H3. The quantitative estimate of drug-likeness (QED) is 0.550. The molecule has 1 N–H and O–H groups in total. The molecule has 0 aliphatic heterocycles. The number of hydrogen-bond donors (Lipinski definition) is 1. The summed E-state index contributed by atoms with van der Waals surface area (Å²) < 4.78 is 6.01. The first-order valence-electron chi connectivity index (χ1n) is 7.29. The number of aromatic nitrogens is 1. The lowest BCUT2D eigenvalue weighted by Gasteiger charge is -2.07. The highest BCUT2D eigenvalue weighted by atomic mass is 32.1. The third kappa shape index (κ3) is 3.76. The number of rotatable bonds is 5. The molecule has 0 aliphatic carbocycles. The Bertz CT molecular complexity index is 838. The predicted octanol–water partition coefficient (Wildman–Crippen LogP) is 4.62. The Kier molecular flexibility index (Phi) is 4.68. The smallest absolute Gasteiger partial charge is 0.330 e. The Morgan fingerprint density at radius 1 is 1.26 bits per heavy atom. The Labute approximate surface area is 138 Å². The summed E-state index contributed by atoms with van der Waals surface area (Å²) in [6.07, 6.45) is 6.86. The fourth-order valence-corrected chi connectivity index (χ4v) is 2.96. The first-order chi connectivity index (χ1) is 11.3. The van der Waals surface area contributed by atoms with E-state index in [0.29, 0.717) is 6.61 Å². The number of fused-ring (bicyclic) bond motifs is 1. The number of anilines is 2. The summed E-state index contributed by atoms with van der Waals surface area (Å²) in [4.78, 5) is 15.5. The van der Waals surface area contributed by atoms with Crippen LogP contribution in [0.5, 0.6) is 0 Å². The molecule has 0 saturated heterocycles. The van der Waals surface area contributed by atoms with Crippen LogP contribution in [-0.4, -0.2) is 17.6 Å². The summed E-state index contributed by atoms with van der Waals surface area (Å²) in [5.74, 6) is -0.329. The average molecular weight is 324 g/mol. The van der Waals surface area contributed by atoms with E-state index in [9.17, 15) is 4.79 Å². The topological polar surface area (TPSA) is 51.2 Å². The lowest BCUT2D eigenvalue weighted by molar-refractivity contribution is -0.137. The second kappa shape index (κ2) is 7.07. The SMILES string of the molecule is CCOC(=O)C=Cc1ccc(Nc2cncc3sccc23)cc1. The van der Waals surface area contributed by atoms with Crippen molar-refractivity contribution in [3.8, 4) is 0 Å². The van der Waals surface area contributed by atoms with Gasteiger partial charge in [-0.1, -0.05) is 12.1 Å². The summed E-state index contributed by atoms with van der Waals surface area (Å²) in [7, 11) is 0. The van der Waals surface area contributed by atoms with Gasteiger partial charge in [0.2, 0.25) is 0 Å². The molecule has 5 heteroatoms. The number of thiophene rings is 1. The summed E-state index contributed by atoms with van der Waals surface area (Å²) in [5.41, 5.74) is 2.90. The number of pyridine rings is 1. The van der Waals surface area contributed by atoms with Crippen molar-refractivity contribution in [1.29, 1.82) is 0 Å². The summed E-state index contributed by atoms with van der Waals surface area (Å²) in [6, 6.07) is 9.91. The van der Waals surface area contributed by atoms with Crippen LogP contribution < -0.4 is 5.32 Å². The maximum atomic E-state index is 11.3. The summed E-state index contributed by atoms with van der Waals surface area (Å²) in [5, 5.41) is 6.59. The molecule has 1 aromatic carbocycles. The van der Waals surface area contributed by atoms with Crippen molar-refractivity contribution in [2.75, 3.05) is 11.9 Å². The second-order valence-electron chi connectivity index (χ2n) is 4.85. The van der Waals surface area contributed by atoms with Gasteiger partial charge in [-0.3, -0.25) is 4.98 Å². The molecule has 0 unspecified atom stereocenters. The largest absolute Gasteiger partial charge is 0.463 e. The van der Waals surface area contributed by atoms with E-state index in [-0.39, 0.29) is 5.97 Å². The highest BCUT2D eigenvalue weighted by Gasteiger charge is 2.03. The number of esters is 1. The molecule has 0 bridgehead atoms. The molecule has 23 heavy (non-hydrogen) atoms. The number of hydrogen-bond acceptors (Lipinski definition) is 5. The van der Waals surface area contributed by atoms with E-state index in [1.54, 1.807) is 24.3 Å².